The predicted octanol–water partition coefficient (Wildman–Crippen LogP) is 2.23. The molecule has 0 bridgehead atoms. The van der Waals surface area contributed by atoms with Crippen LogP contribution >= 0.6 is 0 Å². The van der Waals surface area contributed by atoms with Gasteiger partial charge < -0.3 is 5.41 Å². The van der Waals surface area contributed by atoms with Crippen LogP contribution in [0, 0.1) is 10.9 Å². The zero-order valence-corrected chi connectivity index (χ0v) is 5.56. The van der Waals surface area contributed by atoms with Gasteiger partial charge in [-0.05, 0) is 25.5 Å². The minimum Gasteiger partial charge on any atom is -0.313 e. The van der Waals surface area contributed by atoms with Gasteiger partial charge in [-0.25, -0.2) is 5.53 Å². The molecular weight excluding hydrogens is 114 g/mol. The number of nitrogens with one attached hydrogen (secondary N) is 2. The molecule has 0 aliphatic heterocycles. The Morgan fingerprint density at radius 1 is 1.22 bits per heavy atom. The van der Waals surface area contributed by atoms with Crippen LogP contribution in [0.15, 0.2) is 5.11 Å². The maximum absolute atomic E-state index is 6.70. The molecule has 2 N–H and O–H groups in total. The van der Waals surface area contributed by atoms with Gasteiger partial charge in [-0.1, -0.05) is 6.42 Å². The first-order valence-corrected chi connectivity index (χ1v) is 3.24. The highest BCUT2D eigenvalue weighted by Gasteiger charge is 1.84. The molecule has 0 spiro atoms. The van der Waals surface area contributed by atoms with Gasteiger partial charge in [0.25, 0.3) is 0 Å². The van der Waals surface area contributed by atoms with Crippen molar-refractivity contribution in [1.29, 1.82) is 10.9 Å². The summed E-state index contributed by atoms with van der Waals surface area (Å²) in [6.07, 6.45) is 5.46. The quantitative estimate of drug-likeness (QED) is 0.312. The van der Waals surface area contributed by atoms with Crippen molar-refractivity contribution in [3.63, 3.8) is 0 Å². The average molecular weight is 127 g/mol. The van der Waals surface area contributed by atoms with Crippen molar-refractivity contribution < 1.29 is 0 Å². The highest BCUT2D eigenvalue weighted by atomic mass is 14.9. The lowest BCUT2D eigenvalue weighted by Crippen LogP contribution is -1.80. The van der Waals surface area contributed by atoms with Gasteiger partial charge in [0, 0.05) is 0 Å². The van der Waals surface area contributed by atoms with Gasteiger partial charge >= 0.3 is 0 Å². The summed E-state index contributed by atoms with van der Waals surface area (Å²) >= 11 is 0. The molecule has 0 saturated carbocycles. The molecule has 0 aromatic carbocycles. The highest BCUT2D eigenvalue weighted by Crippen LogP contribution is 1.97. The van der Waals surface area contributed by atoms with Crippen molar-refractivity contribution >= 4 is 6.21 Å². The molecule has 52 valence electrons. The van der Waals surface area contributed by atoms with Gasteiger partial charge in [0.1, 0.15) is 0 Å². The third kappa shape index (κ3) is 7.27. The second-order valence-corrected chi connectivity index (χ2v) is 1.94. The minimum atomic E-state index is 0.651. The number of rotatable bonds is 6. The molecule has 3 nitrogen and oxygen atoms in total. The molecule has 0 amide bonds. The van der Waals surface area contributed by atoms with Crippen LogP contribution in [0.25, 0.3) is 0 Å². The molecule has 0 aromatic rings. The van der Waals surface area contributed by atoms with E-state index in [1.54, 1.807) is 0 Å². The highest BCUT2D eigenvalue weighted by molar-refractivity contribution is 5.52. The zero-order chi connectivity index (χ0) is 6.95. The zero-order valence-electron chi connectivity index (χ0n) is 5.56. The van der Waals surface area contributed by atoms with E-state index in [2.05, 4.69) is 5.11 Å². The van der Waals surface area contributed by atoms with Crippen molar-refractivity contribution in [3.05, 3.63) is 0 Å². The van der Waals surface area contributed by atoms with Crippen LogP contribution in [-0.4, -0.2) is 12.8 Å². The van der Waals surface area contributed by atoms with Crippen molar-refractivity contribution in [1.82, 2.24) is 0 Å². The molecule has 0 fully saturated rings. The van der Waals surface area contributed by atoms with Gasteiger partial charge in [0.15, 0.2) is 0 Å². The van der Waals surface area contributed by atoms with Crippen LogP contribution in [0.2, 0.25) is 0 Å². The summed E-state index contributed by atoms with van der Waals surface area (Å²) in [5.41, 5.74) is 6.46. The van der Waals surface area contributed by atoms with Gasteiger partial charge in [-0.15, -0.1) is 0 Å². The second kappa shape index (κ2) is 7.27. The van der Waals surface area contributed by atoms with Crippen molar-refractivity contribution in [2.24, 2.45) is 5.11 Å². The van der Waals surface area contributed by atoms with Crippen molar-refractivity contribution in [3.8, 4) is 0 Å². The maximum atomic E-state index is 6.70. The Morgan fingerprint density at radius 3 is 2.56 bits per heavy atom. The summed E-state index contributed by atoms with van der Waals surface area (Å²) in [6, 6.07) is 0. The van der Waals surface area contributed by atoms with E-state index in [1.807, 2.05) is 0 Å². The van der Waals surface area contributed by atoms with Crippen molar-refractivity contribution in [2.45, 2.75) is 25.7 Å². The standard InChI is InChI=1S/C6H13N3/c7-5-3-1-2-4-6-9-8/h5,7-8H,1-4,6H2. The molecule has 0 aliphatic carbocycles. The minimum absolute atomic E-state index is 0.651. The summed E-state index contributed by atoms with van der Waals surface area (Å²) in [5, 5.41) is 9.92. The van der Waals surface area contributed by atoms with E-state index in [1.165, 1.54) is 6.21 Å². The third-order valence-corrected chi connectivity index (χ3v) is 1.12. The SMILES string of the molecule is N=CCCCCCN=N. The Bertz CT molecular complexity index is 70.4. The topological polar surface area (TPSA) is 60.1 Å². The molecule has 0 heterocycles. The molecule has 0 radical (unpaired) electrons. The molecular formula is C6H13N3. The first kappa shape index (κ1) is 8.27. The molecule has 9 heavy (non-hydrogen) atoms. The molecule has 0 aliphatic rings. The van der Waals surface area contributed by atoms with E-state index in [0.29, 0.717) is 6.54 Å². The van der Waals surface area contributed by atoms with Crippen molar-refractivity contribution in [2.75, 3.05) is 6.54 Å². The van der Waals surface area contributed by atoms with Crippen LogP contribution < -0.4 is 0 Å². The second-order valence-electron chi connectivity index (χ2n) is 1.94. The predicted molar refractivity (Wildman–Crippen MR) is 37.3 cm³/mol. The van der Waals surface area contributed by atoms with Crippen LogP contribution in [0.3, 0.4) is 0 Å². The Balaban J connectivity index is 2.74. The Labute approximate surface area is 55.5 Å². The van der Waals surface area contributed by atoms with Gasteiger partial charge in [-0.3, -0.25) is 0 Å². The number of nitrogens with zero attached hydrogens (tertiary/aromatic N) is 1. The monoisotopic (exact) mass is 127 g/mol. The molecule has 0 saturated heterocycles. The van der Waals surface area contributed by atoms with Crippen LogP contribution in [0.4, 0.5) is 0 Å². The van der Waals surface area contributed by atoms with E-state index in [-0.39, 0.29) is 0 Å². The van der Waals surface area contributed by atoms with E-state index in [0.717, 1.165) is 25.7 Å². The lowest BCUT2D eigenvalue weighted by molar-refractivity contribution is 0.687. The summed E-state index contributed by atoms with van der Waals surface area (Å²) < 4.78 is 0. The average Bonchev–Trinajstić information content (AvgIpc) is 1.89. The fraction of sp³-hybridized carbons (Fsp3) is 0.833. The number of hydrogen-bond donors (Lipinski definition) is 2. The van der Waals surface area contributed by atoms with Crippen LogP contribution in [-0.2, 0) is 0 Å². The summed E-state index contributed by atoms with van der Waals surface area (Å²) in [7, 11) is 0. The smallest absolute Gasteiger partial charge is 0.0596 e. The molecule has 0 rings (SSSR count). The van der Waals surface area contributed by atoms with E-state index < -0.39 is 0 Å². The normalized spacial score (nSPS) is 8.89. The fourth-order valence-electron chi connectivity index (χ4n) is 0.614. The fourth-order valence-corrected chi connectivity index (χ4v) is 0.614. The summed E-state index contributed by atoms with van der Waals surface area (Å²) in [4.78, 5) is 0. The van der Waals surface area contributed by atoms with E-state index in [9.17, 15) is 0 Å². The maximum Gasteiger partial charge on any atom is 0.0596 e. The largest absolute Gasteiger partial charge is 0.313 e. The lowest BCUT2D eigenvalue weighted by atomic mass is 10.2. The third-order valence-electron chi connectivity index (χ3n) is 1.12. The summed E-state index contributed by atoms with van der Waals surface area (Å²) in [6.45, 7) is 0.651. The number of unbranched alkanes of at least 4 members (excludes halogenated alkanes) is 3. The van der Waals surface area contributed by atoms with E-state index in [4.69, 9.17) is 10.9 Å². The molecule has 0 aromatic heterocycles. The lowest BCUT2D eigenvalue weighted by Gasteiger charge is -1.91. The molecule has 0 unspecified atom stereocenters. The molecule has 0 atom stereocenters. The van der Waals surface area contributed by atoms with Gasteiger partial charge in [-0.2, -0.15) is 5.11 Å². The van der Waals surface area contributed by atoms with Crippen LogP contribution in [0.5, 0.6) is 0 Å². The Kier molecular flexibility index (Phi) is 6.68. The van der Waals surface area contributed by atoms with Gasteiger partial charge in [0.2, 0.25) is 0 Å². The number of hydrogen-bond acceptors (Lipinski definition) is 3. The van der Waals surface area contributed by atoms with Crippen LogP contribution in [0.1, 0.15) is 25.7 Å². The Morgan fingerprint density at radius 2 is 2.00 bits per heavy atom. The van der Waals surface area contributed by atoms with Gasteiger partial charge in [0.05, 0.1) is 6.54 Å². The first-order valence-electron chi connectivity index (χ1n) is 3.24. The Hall–Kier alpha value is -0.730. The first-order chi connectivity index (χ1) is 4.41. The summed E-state index contributed by atoms with van der Waals surface area (Å²) in [5.74, 6) is 0. The van der Waals surface area contributed by atoms with E-state index >= 15 is 0 Å². The molecule has 3 heteroatoms.